The molecule has 1 aromatic rings. The molecule has 2 unspecified atom stereocenters. The van der Waals surface area contributed by atoms with Gasteiger partial charge in [0.1, 0.15) is 0 Å². The highest BCUT2D eigenvalue weighted by Gasteiger charge is 2.31. The molecule has 19 heavy (non-hydrogen) atoms. The number of hydrogen-bond donors (Lipinski definition) is 1. The van der Waals surface area contributed by atoms with Crippen molar-refractivity contribution in [2.75, 3.05) is 25.5 Å². The molecular weight excluding hydrogens is 238 g/mol. The third kappa shape index (κ3) is 2.89. The van der Waals surface area contributed by atoms with Crippen LogP contribution in [-0.4, -0.2) is 37.5 Å². The minimum Gasteiger partial charge on any atom is -0.378 e. The minimum absolute atomic E-state index is 0.0535. The Kier molecular flexibility index (Phi) is 4.10. The van der Waals surface area contributed by atoms with Gasteiger partial charge in [-0.15, -0.1) is 0 Å². The van der Waals surface area contributed by atoms with Gasteiger partial charge in [-0.3, -0.25) is 4.79 Å². The fourth-order valence-corrected chi connectivity index (χ4v) is 2.65. The molecule has 4 nitrogen and oxygen atoms in total. The van der Waals surface area contributed by atoms with E-state index in [2.05, 4.69) is 29.2 Å². The van der Waals surface area contributed by atoms with Gasteiger partial charge in [0.05, 0.1) is 12.1 Å². The van der Waals surface area contributed by atoms with Crippen LogP contribution in [0.15, 0.2) is 24.3 Å². The van der Waals surface area contributed by atoms with Crippen LogP contribution in [0.1, 0.15) is 31.4 Å². The van der Waals surface area contributed by atoms with Crippen molar-refractivity contribution < 1.29 is 4.79 Å². The lowest BCUT2D eigenvalue weighted by molar-refractivity contribution is -0.133. The quantitative estimate of drug-likeness (QED) is 0.902. The van der Waals surface area contributed by atoms with E-state index in [1.807, 2.05) is 19.0 Å². The molecule has 2 rings (SSSR count). The maximum atomic E-state index is 12.1. The van der Waals surface area contributed by atoms with E-state index in [9.17, 15) is 4.79 Å². The average molecular weight is 261 g/mol. The van der Waals surface area contributed by atoms with Crippen molar-refractivity contribution in [3.05, 3.63) is 29.8 Å². The van der Waals surface area contributed by atoms with Crippen LogP contribution in [0.2, 0.25) is 0 Å². The summed E-state index contributed by atoms with van der Waals surface area (Å²) in [5.74, 6) is 0.0535. The van der Waals surface area contributed by atoms with Crippen molar-refractivity contribution in [3.8, 4) is 0 Å². The molecule has 1 aromatic carbocycles. The second kappa shape index (κ2) is 5.61. The van der Waals surface area contributed by atoms with Gasteiger partial charge in [0.15, 0.2) is 0 Å². The van der Waals surface area contributed by atoms with Crippen LogP contribution in [0, 0.1) is 0 Å². The summed E-state index contributed by atoms with van der Waals surface area (Å²) in [5, 5.41) is 0. The normalized spacial score (nSPS) is 20.4. The number of nitrogens with two attached hydrogens (primary N) is 1. The van der Waals surface area contributed by atoms with Crippen LogP contribution in [0.4, 0.5) is 5.69 Å². The van der Waals surface area contributed by atoms with E-state index in [4.69, 9.17) is 5.73 Å². The standard InChI is InChI=1S/C15H23N3O/c1-11(16)15(19)18-9-5-8-14(18)12-6-4-7-13(10-12)17(2)3/h4,6-7,10-11,14H,5,8-9,16H2,1-3H3. The van der Waals surface area contributed by atoms with Crippen molar-refractivity contribution in [2.45, 2.75) is 31.8 Å². The largest absolute Gasteiger partial charge is 0.378 e. The second-order valence-corrected chi connectivity index (χ2v) is 5.47. The highest BCUT2D eigenvalue weighted by molar-refractivity contribution is 5.82. The van der Waals surface area contributed by atoms with Crippen molar-refractivity contribution in [3.63, 3.8) is 0 Å². The Morgan fingerprint density at radius 3 is 2.84 bits per heavy atom. The van der Waals surface area contributed by atoms with Gasteiger partial charge in [-0.2, -0.15) is 0 Å². The SMILES string of the molecule is CC(N)C(=O)N1CCCC1c1cccc(N(C)C)c1. The third-order valence-electron chi connectivity index (χ3n) is 3.70. The van der Waals surface area contributed by atoms with Crippen molar-refractivity contribution >= 4 is 11.6 Å². The van der Waals surface area contributed by atoms with Crippen LogP contribution >= 0.6 is 0 Å². The van der Waals surface area contributed by atoms with Crippen LogP contribution in [-0.2, 0) is 4.79 Å². The second-order valence-electron chi connectivity index (χ2n) is 5.47. The summed E-state index contributed by atoms with van der Waals surface area (Å²) in [5.41, 5.74) is 8.11. The van der Waals surface area contributed by atoms with Gasteiger partial charge in [-0.05, 0) is 37.5 Å². The first kappa shape index (κ1) is 13.9. The number of hydrogen-bond acceptors (Lipinski definition) is 3. The number of anilines is 1. The topological polar surface area (TPSA) is 49.6 Å². The molecule has 1 saturated heterocycles. The number of likely N-dealkylation sites (tertiary alicyclic amines) is 1. The van der Waals surface area contributed by atoms with Crippen LogP contribution in [0.25, 0.3) is 0 Å². The van der Waals surface area contributed by atoms with Gasteiger partial charge in [0.2, 0.25) is 5.91 Å². The lowest BCUT2D eigenvalue weighted by Crippen LogP contribution is -2.41. The Morgan fingerprint density at radius 1 is 1.47 bits per heavy atom. The molecule has 1 aliphatic rings. The molecule has 0 saturated carbocycles. The van der Waals surface area contributed by atoms with Crippen molar-refractivity contribution in [2.24, 2.45) is 5.73 Å². The Bertz CT molecular complexity index is 456. The van der Waals surface area contributed by atoms with E-state index in [1.54, 1.807) is 6.92 Å². The molecule has 0 spiro atoms. The fraction of sp³-hybridized carbons (Fsp3) is 0.533. The van der Waals surface area contributed by atoms with Gasteiger partial charge in [-0.25, -0.2) is 0 Å². The molecule has 0 radical (unpaired) electrons. The zero-order valence-corrected chi connectivity index (χ0v) is 12.0. The van der Waals surface area contributed by atoms with Gasteiger partial charge >= 0.3 is 0 Å². The molecule has 2 atom stereocenters. The van der Waals surface area contributed by atoms with Crippen LogP contribution in [0.3, 0.4) is 0 Å². The van der Waals surface area contributed by atoms with Gasteiger partial charge in [0, 0.05) is 26.3 Å². The maximum Gasteiger partial charge on any atom is 0.239 e. The summed E-state index contributed by atoms with van der Waals surface area (Å²) in [7, 11) is 4.05. The summed E-state index contributed by atoms with van der Waals surface area (Å²) in [6.07, 6.45) is 2.07. The summed E-state index contributed by atoms with van der Waals surface area (Å²) in [6, 6.07) is 8.16. The number of benzene rings is 1. The Hall–Kier alpha value is -1.55. The number of amides is 1. The first-order chi connectivity index (χ1) is 9.00. The van der Waals surface area contributed by atoms with E-state index in [0.717, 1.165) is 25.1 Å². The summed E-state index contributed by atoms with van der Waals surface area (Å²) < 4.78 is 0. The molecular formula is C15H23N3O. The summed E-state index contributed by atoms with van der Waals surface area (Å²) in [4.78, 5) is 16.1. The third-order valence-corrected chi connectivity index (χ3v) is 3.70. The highest BCUT2D eigenvalue weighted by Crippen LogP contribution is 2.33. The lowest BCUT2D eigenvalue weighted by atomic mass is 10.0. The smallest absolute Gasteiger partial charge is 0.239 e. The first-order valence-electron chi connectivity index (χ1n) is 6.84. The van der Waals surface area contributed by atoms with Crippen LogP contribution in [0.5, 0.6) is 0 Å². The molecule has 4 heteroatoms. The van der Waals surface area contributed by atoms with E-state index in [1.165, 1.54) is 5.56 Å². The van der Waals surface area contributed by atoms with Crippen LogP contribution < -0.4 is 10.6 Å². The molecule has 0 bridgehead atoms. The minimum atomic E-state index is -0.419. The number of nitrogens with zero attached hydrogens (tertiary/aromatic N) is 2. The van der Waals surface area contributed by atoms with E-state index >= 15 is 0 Å². The predicted molar refractivity (Wildman–Crippen MR) is 78.1 cm³/mol. The molecule has 1 fully saturated rings. The predicted octanol–water partition coefficient (Wildman–Crippen LogP) is 1.76. The molecule has 0 aliphatic carbocycles. The van der Waals surface area contributed by atoms with Gasteiger partial charge in [-0.1, -0.05) is 12.1 Å². The monoisotopic (exact) mass is 261 g/mol. The van der Waals surface area contributed by atoms with E-state index < -0.39 is 6.04 Å². The molecule has 0 aromatic heterocycles. The summed E-state index contributed by atoms with van der Waals surface area (Å²) in [6.45, 7) is 2.57. The van der Waals surface area contributed by atoms with Gasteiger partial charge < -0.3 is 15.5 Å². The number of carbonyl (C=O) groups is 1. The average Bonchev–Trinajstić information content (AvgIpc) is 2.86. The number of carbonyl (C=O) groups excluding carboxylic acids is 1. The Morgan fingerprint density at radius 2 is 2.21 bits per heavy atom. The molecule has 104 valence electrons. The van der Waals surface area contributed by atoms with Gasteiger partial charge in [0.25, 0.3) is 0 Å². The molecule has 2 N–H and O–H groups in total. The Labute approximate surface area is 115 Å². The Balaban J connectivity index is 2.25. The first-order valence-corrected chi connectivity index (χ1v) is 6.84. The maximum absolute atomic E-state index is 12.1. The van der Waals surface area contributed by atoms with Crippen molar-refractivity contribution in [1.29, 1.82) is 0 Å². The zero-order chi connectivity index (χ0) is 14.0. The molecule has 1 heterocycles. The molecule has 1 amide bonds. The van der Waals surface area contributed by atoms with E-state index in [0.29, 0.717) is 0 Å². The zero-order valence-electron chi connectivity index (χ0n) is 12.0. The fourth-order valence-electron chi connectivity index (χ4n) is 2.65. The lowest BCUT2D eigenvalue weighted by Gasteiger charge is -2.27. The number of rotatable bonds is 3. The van der Waals surface area contributed by atoms with Crippen molar-refractivity contribution in [1.82, 2.24) is 4.90 Å². The summed E-state index contributed by atoms with van der Waals surface area (Å²) >= 11 is 0. The molecule has 1 aliphatic heterocycles. The highest BCUT2D eigenvalue weighted by atomic mass is 16.2. The van der Waals surface area contributed by atoms with E-state index in [-0.39, 0.29) is 11.9 Å².